The van der Waals surface area contributed by atoms with Crippen molar-refractivity contribution in [1.82, 2.24) is 0 Å². The van der Waals surface area contributed by atoms with Crippen LogP contribution in [0.1, 0.15) is 26.7 Å². The second kappa shape index (κ2) is 7.53. The molecule has 4 N–H and O–H groups in total. The number of benzene rings is 1. The smallest absolute Gasteiger partial charge is 0.228 e. The minimum absolute atomic E-state index is 0.0587. The van der Waals surface area contributed by atoms with Gasteiger partial charge in [0.25, 0.3) is 0 Å². The van der Waals surface area contributed by atoms with Crippen LogP contribution in [0.2, 0.25) is 0 Å². The maximum Gasteiger partial charge on any atom is 0.228 e. The number of amides is 2. The van der Waals surface area contributed by atoms with Gasteiger partial charge in [-0.15, -0.1) is 0 Å². The fourth-order valence-corrected chi connectivity index (χ4v) is 1.79. The molecule has 5 nitrogen and oxygen atoms in total. The van der Waals surface area contributed by atoms with Gasteiger partial charge < -0.3 is 16.4 Å². The summed E-state index contributed by atoms with van der Waals surface area (Å²) in [4.78, 5) is 22.8. The summed E-state index contributed by atoms with van der Waals surface area (Å²) >= 11 is 0. The Bertz CT molecular complexity index is 429. The predicted octanol–water partition coefficient (Wildman–Crippen LogP) is 1.96. The summed E-state index contributed by atoms with van der Waals surface area (Å²) in [6.07, 6.45) is 1.71. The van der Waals surface area contributed by atoms with Gasteiger partial charge in [-0.05, 0) is 30.7 Å². The van der Waals surface area contributed by atoms with Gasteiger partial charge in [-0.1, -0.05) is 13.3 Å². The van der Waals surface area contributed by atoms with Gasteiger partial charge in [0.1, 0.15) is 0 Å². The normalized spacial score (nSPS) is 11.7. The molecule has 0 saturated carbocycles. The number of anilines is 2. The number of carbonyl (C=O) groups excluding carboxylic acids is 2. The molecule has 1 atom stereocenters. The molecular weight excluding hydrogens is 242 g/mol. The van der Waals surface area contributed by atoms with E-state index in [1.165, 1.54) is 6.92 Å². The molecule has 1 unspecified atom stereocenters. The van der Waals surface area contributed by atoms with Crippen molar-refractivity contribution in [2.24, 2.45) is 11.7 Å². The van der Waals surface area contributed by atoms with E-state index in [2.05, 4.69) is 10.6 Å². The highest BCUT2D eigenvalue weighted by Gasteiger charge is 2.15. The van der Waals surface area contributed by atoms with Gasteiger partial charge in [0, 0.05) is 24.8 Å². The summed E-state index contributed by atoms with van der Waals surface area (Å²) in [5, 5.41) is 5.49. The van der Waals surface area contributed by atoms with E-state index in [4.69, 9.17) is 5.73 Å². The molecule has 2 amide bonds. The van der Waals surface area contributed by atoms with E-state index in [0.717, 1.165) is 12.8 Å². The van der Waals surface area contributed by atoms with Crippen molar-refractivity contribution in [3.63, 3.8) is 0 Å². The zero-order chi connectivity index (χ0) is 14.3. The molecule has 1 aromatic carbocycles. The van der Waals surface area contributed by atoms with E-state index in [1.54, 1.807) is 24.3 Å². The van der Waals surface area contributed by atoms with Gasteiger partial charge in [-0.3, -0.25) is 9.59 Å². The van der Waals surface area contributed by atoms with E-state index < -0.39 is 0 Å². The van der Waals surface area contributed by atoms with E-state index in [9.17, 15) is 9.59 Å². The molecule has 0 fully saturated rings. The summed E-state index contributed by atoms with van der Waals surface area (Å²) < 4.78 is 0. The summed E-state index contributed by atoms with van der Waals surface area (Å²) in [5.41, 5.74) is 6.99. The molecule has 0 aliphatic heterocycles. The molecule has 0 spiro atoms. The number of hydrogen-bond acceptors (Lipinski definition) is 3. The van der Waals surface area contributed by atoms with E-state index in [0.29, 0.717) is 17.9 Å². The molecule has 0 aliphatic rings. The number of hydrogen-bond donors (Lipinski definition) is 3. The quantitative estimate of drug-likeness (QED) is 0.733. The first kappa shape index (κ1) is 15.2. The molecule has 0 heterocycles. The van der Waals surface area contributed by atoms with Crippen LogP contribution in [-0.2, 0) is 9.59 Å². The average molecular weight is 263 g/mol. The monoisotopic (exact) mass is 263 g/mol. The van der Waals surface area contributed by atoms with Crippen LogP contribution in [0.15, 0.2) is 24.3 Å². The van der Waals surface area contributed by atoms with Gasteiger partial charge in [-0.25, -0.2) is 0 Å². The second-order valence-corrected chi connectivity index (χ2v) is 4.47. The van der Waals surface area contributed by atoms with Crippen molar-refractivity contribution in [2.45, 2.75) is 26.7 Å². The standard InChI is InChI=1S/C14H21N3O2/c1-3-4-11(9-15)14(19)17-13-7-5-12(6-8-13)16-10(2)18/h5-8,11H,3-4,9,15H2,1-2H3,(H,16,18)(H,17,19). The zero-order valence-corrected chi connectivity index (χ0v) is 11.4. The van der Waals surface area contributed by atoms with Crippen molar-refractivity contribution in [3.8, 4) is 0 Å². The number of rotatable bonds is 6. The summed E-state index contributed by atoms with van der Waals surface area (Å²) in [6, 6.07) is 6.99. The van der Waals surface area contributed by atoms with Crippen LogP contribution >= 0.6 is 0 Å². The van der Waals surface area contributed by atoms with E-state index in [1.807, 2.05) is 6.92 Å². The van der Waals surface area contributed by atoms with Crippen molar-refractivity contribution in [3.05, 3.63) is 24.3 Å². The Morgan fingerprint density at radius 2 is 1.68 bits per heavy atom. The lowest BCUT2D eigenvalue weighted by molar-refractivity contribution is -0.119. The van der Waals surface area contributed by atoms with Crippen LogP contribution in [0.5, 0.6) is 0 Å². The third-order valence-electron chi connectivity index (χ3n) is 2.77. The molecule has 19 heavy (non-hydrogen) atoms. The molecule has 0 bridgehead atoms. The van der Waals surface area contributed by atoms with Gasteiger partial charge >= 0.3 is 0 Å². The SMILES string of the molecule is CCCC(CN)C(=O)Nc1ccc(NC(C)=O)cc1. The van der Waals surface area contributed by atoms with Gasteiger partial charge in [0.05, 0.1) is 5.92 Å². The zero-order valence-electron chi connectivity index (χ0n) is 11.4. The topological polar surface area (TPSA) is 84.2 Å². The van der Waals surface area contributed by atoms with E-state index >= 15 is 0 Å². The summed E-state index contributed by atoms with van der Waals surface area (Å²) in [5.74, 6) is -0.334. The second-order valence-electron chi connectivity index (χ2n) is 4.47. The first-order valence-electron chi connectivity index (χ1n) is 6.45. The highest BCUT2D eigenvalue weighted by atomic mass is 16.2. The van der Waals surface area contributed by atoms with Crippen LogP contribution < -0.4 is 16.4 Å². The van der Waals surface area contributed by atoms with Crippen molar-refractivity contribution in [2.75, 3.05) is 17.2 Å². The Morgan fingerprint density at radius 3 is 2.11 bits per heavy atom. The molecule has 0 aromatic heterocycles. The van der Waals surface area contributed by atoms with Gasteiger partial charge in [-0.2, -0.15) is 0 Å². The fourth-order valence-electron chi connectivity index (χ4n) is 1.79. The van der Waals surface area contributed by atoms with Crippen molar-refractivity contribution >= 4 is 23.2 Å². The highest BCUT2D eigenvalue weighted by molar-refractivity contribution is 5.93. The lowest BCUT2D eigenvalue weighted by atomic mass is 10.0. The lowest BCUT2D eigenvalue weighted by Gasteiger charge is -2.14. The number of nitrogens with one attached hydrogen (secondary N) is 2. The maximum absolute atomic E-state index is 11.9. The first-order chi connectivity index (χ1) is 9.06. The third kappa shape index (κ3) is 5.09. The predicted molar refractivity (Wildman–Crippen MR) is 76.8 cm³/mol. The Hall–Kier alpha value is -1.88. The third-order valence-corrected chi connectivity index (χ3v) is 2.77. The van der Waals surface area contributed by atoms with Crippen molar-refractivity contribution in [1.29, 1.82) is 0 Å². The van der Waals surface area contributed by atoms with Crippen LogP contribution in [-0.4, -0.2) is 18.4 Å². The Balaban J connectivity index is 2.61. The Labute approximate surface area is 113 Å². The number of nitrogens with two attached hydrogens (primary N) is 1. The molecule has 0 aliphatic carbocycles. The first-order valence-corrected chi connectivity index (χ1v) is 6.45. The number of carbonyl (C=O) groups is 2. The summed E-state index contributed by atoms with van der Waals surface area (Å²) in [6.45, 7) is 3.83. The van der Waals surface area contributed by atoms with Gasteiger partial charge in [0.2, 0.25) is 11.8 Å². The molecule has 0 saturated heterocycles. The maximum atomic E-state index is 11.9. The molecule has 1 aromatic rings. The van der Waals surface area contributed by atoms with Crippen LogP contribution in [0.25, 0.3) is 0 Å². The molecule has 1 rings (SSSR count). The van der Waals surface area contributed by atoms with Crippen LogP contribution in [0.4, 0.5) is 11.4 Å². The lowest BCUT2D eigenvalue weighted by Crippen LogP contribution is -2.29. The minimum Gasteiger partial charge on any atom is -0.330 e. The van der Waals surface area contributed by atoms with Gasteiger partial charge in [0.15, 0.2) is 0 Å². The average Bonchev–Trinajstić information content (AvgIpc) is 2.37. The summed E-state index contributed by atoms with van der Waals surface area (Å²) in [7, 11) is 0. The Kier molecular flexibility index (Phi) is 6.02. The van der Waals surface area contributed by atoms with Crippen LogP contribution in [0.3, 0.4) is 0 Å². The molecule has 104 valence electrons. The Morgan fingerprint density at radius 1 is 1.16 bits per heavy atom. The minimum atomic E-state index is -0.153. The molecule has 0 radical (unpaired) electrons. The van der Waals surface area contributed by atoms with E-state index in [-0.39, 0.29) is 17.7 Å². The fraction of sp³-hybridized carbons (Fsp3) is 0.429. The van der Waals surface area contributed by atoms with Crippen LogP contribution in [0, 0.1) is 5.92 Å². The largest absolute Gasteiger partial charge is 0.330 e. The molecular formula is C14H21N3O2. The van der Waals surface area contributed by atoms with Crippen molar-refractivity contribution < 1.29 is 9.59 Å². The highest BCUT2D eigenvalue weighted by Crippen LogP contribution is 2.15. The molecule has 5 heteroatoms.